The van der Waals surface area contributed by atoms with Gasteiger partial charge in [-0.05, 0) is 57.1 Å². The molecule has 2 saturated heterocycles. The highest BCUT2D eigenvalue weighted by molar-refractivity contribution is 5.87. The van der Waals surface area contributed by atoms with E-state index in [4.69, 9.17) is 18.9 Å². The van der Waals surface area contributed by atoms with Crippen LogP contribution in [0.2, 0.25) is 0 Å². The van der Waals surface area contributed by atoms with Crippen LogP contribution in [-0.4, -0.2) is 59.4 Å². The van der Waals surface area contributed by atoms with Crippen LogP contribution in [0.25, 0.3) is 0 Å². The number of ether oxygens (including phenoxy) is 4. The molecular formula is C27H39NO7. The van der Waals surface area contributed by atoms with E-state index in [1.165, 1.54) is 0 Å². The van der Waals surface area contributed by atoms with Crippen molar-refractivity contribution in [2.45, 2.75) is 84.0 Å². The summed E-state index contributed by atoms with van der Waals surface area (Å²) in [6, 6.07) is 9.45. The lowest BCUT2D eigenvalue weighted by atomic mass is 9.85. The second kappa shape index (κ2) is 12.0. The molecule has 2 heterocycles. The van der Waals surface area contributed by atoms with Crippen LogP contribution >= 0.6 is 0 Å². The minimum Gasteiger partial charge on any atom is -0.478 e. The van der Waals surface area contributed by atoms with Gasteiger partial charge >= 0.3 is 12.1 Å². The van der Waals surface area contributed by atoms with Crippen LogP contribution in [0, 0.1) is 5.92 Å². The highest BCUT2D eigenvalue weighted by Crippen LogP contribution is 2.41. The molecule has 2 aliphatic heterocycles. The number of carboxylic acid groups (broad SMARTS) is 1. The van der Waals surface area contributed by atoms with Gasteiger partial charge in [-0.25, -0.2) is 9.59 Å². The number of hydrogen-bond donors (Lipinski definition) is 1. The van der Waals surface area contributed by atoms with Gasteiger partial charge in [-0.1, -0.05) is 44.2 Å². The molecule has 8 nitrogen and oxygen atoms in total. The highest BCUT2D eigenvalue weighted by Gasteiger charge is 2.54. The molecule has 0 spiro atoms. The molecule has 2 fully saturated rings. The summed E-state index contributed by atoms with van der Waals surface area (Å²) in [7, 11) is 0. The van der Waals surface area contributed by atoms with Crippen LogP contribution < -0.4 is 0 Å². The molecule has 1 N–H and O–H groups in total. The van der Waals surface area contributed by atoms with E-state index < -0.39 is 23.3 Å². The predicted octanol–water partition coefficient (Wildman–Crippen LogP) is 5.12. The first kappa shape index (κ1) is 27.2. The lowest BCUT2D eigenvalue weighted by molar-refractivity contribution is -0.162. The van der Waals surface area contributed by atoms with Gasteiger partial charge in [0, 0.05) is 18.6 Å². The van der Waals surface area contributed by atoms with Gasteiger partial charge in [0.05, 0.1) is 18.8 Å². The topological polar surface area (TPSA) is 94.5 Å². The van der Waals surface area contributed by atoms with Crippen LogP contribution in [0.15, 0.2) is 42.0 Å². The quantitative estimate of drug-likeness (QED) is 0.456. The Morgan fingerprint density at radius 1 is 1.23 bits per heavy atom. The van der Waals surface area contributed by atoms with E-state index in [-0.39, 0.29) is 44.0 Å². The number of carbonyl (C=O) groups excluding carboxylic acids is 1. The van der Waals surface area contributed by atoms with Crippen LogP contribution in [0.4, 0.5) is 4.79 Å². The molecule has 0 aromatic heterocycles. The van der Waals surface area contributed by atoms with Crippen LogP contribution in [0.3, 0.4) is 0 Å². The Bertz CT molecular complexity index is 877. The van der Waals surface area contributed by atoms with Crippen LogP contribution in [0.5, 0.6) is 0 Å². The molecule has 194 valence electrons. The molecular weight excluding hydrogens is 450 g/mol. The van der Waals surface area contributed by atoms with E-state index in [1.54, 1.807) is 24.8 Å². The summed E-state index contributed by atoms with van der Waals surface area (Å²) < 4.78 is 23.1. The van der Waals surface area contributed by atoms with Crippen LogP contribution in [-0.2, 0) is 30.3 Å². The smallest absolute Gasteiger partial charge is 0.413 e. The first-order chi connectivity index (χ1) is 16.6. The lowest BCUT2D eigenvalue weighted by Crippen LogP contribution is -2.55. The third-order valence-corrected chi connectivity index (χ3v) is 6.34. The molecule has 0 bridgehead atoms. The number of amides is 1. The van der Waals surface area contributed by atoms with Crippen LogP contribution in [0.1, 0.15) is 65.4 Å². The van der Waals surface area contributed by atoms with Crippen molar-refractivity contribution in [2.75, 3.05) is 19.8 Å². The molecule has 8 heteroatoms. The SMILES string of the molecule is CC(C)C[C@]1(C=C(CCOC2CCCCO2)C(=O)O)COC(C)(C)N1C(=O)OCc1ccccc1. The number of rotatable bonds is 10. The molecule has 35 heavy (non-hydrogen) atoms. The van der Waals surface area contributed by atoms with E-state index in [2.05, 4.69) is 0 Å². The number of hydrogen-bond acceptors (Lipinski definition) is 6. The zero-order valence-electron chi connectivity index (χ0n) is 21.3. The van der Waals surface area contributed by atoms with E-state index in [0.717, 1.165) is 24.8 Å². The Kier molecular flexibility index (Phi) is 9.33. The third kappa shape index (κ3) is 7.29. The zero-order valence-corrected chi connectivity index (χ0v) is 21.3. The fraction of sp³-hybridized carbons (Fsp3) is 0.630. The van der Waals surface area contributed by atoms with Gasteiger partial charge in [0.1, 0.15) is 12.3 Å². The molecule has 0 saturated carbocycles. The van der Waals surface area contributed by atoms with E-state index in [1.807, 2.05) is 44.2 Å². The summed E-state index contributed by atoms with van der Waals surface area (Å²) in [6.07, 6.45) is 4.44. The number of carbonyl (C=O) groups is 2. The molecule has 1 aromatic rings. The normalized spacial score (nSPS) is 24.5. The summed E-state index contributed by atoms with van der Waals surface area (Å²) >= 11 is 0. The molecule has 1 amide bonds. The van der Waals surface area contributed by atoms with Crippen molar-refractivity contribution in [2.24, 2.45) is 5.92 Å². The summed E-state index contributed by atoms with van der Waals surface area (Å²) in [4.78, 5) is 27.2. The summed E-state index contributed by atoms with van der Waals surface area (Å²) in [5, 5.41) is 10.00. The Morgan fingerprint density at radius 3 is 2.60 bits per heavy atom. The molecule has 2 atom stereocenters. The van der Waals surface area contributed by atoms with Gasteiger partial charge in [-0.15, -0.1) is 0 Å². The first-order valence-corrected chi connectivity index (χ1v) is 12.5. The van der Waals surface area contributed by atoms with Crippen molar-refractivity contribution in [3.8, 4) is 0 Å². The van der Waals surface area contributed by atoms with Crippen molar-refractivity contribution < 1.29 is 33.6 Å². The van der Waals surface area contributed by atoms with Crippen molar-refractivity contribution in [1.29, 1.82) is 0 Å². The van der Waals surface area contributed by atoms with Gasteiger partial charge < -0.3 is 24.1 Å². The van der Waals surface area contributed by atoms with Gasteiger partial charge in [0.2, 0.25) is 0 Å². The summed E-state index contributed by atoms with van der Waals surface area (Å²) in [6.45, 7) is 8.88. The third-order valence-electron chi connectivity index (χ3n) is 6.34. The maximum absolute atomic E-state index is 13.4. The standard InChI is InChI=1S/C27H39NO7/c1-20(2)16-27(17-22(24(29)30)13-15-33-23-12-8-9-14-32-23)19-35-26(3,4)28(27)25(31)34-18-21-10-6-5-7-11-21/h5-7,10-11,17,20,23H,8-9,12-16,18-19H2,1-4H3,(H,29,30)/t23?,27-/m0/s1. The Labute approximate surface area is 208 Å². The maximum atomic E-state index is 13.4. The van der Waals surface area contributed by atoms with Crippen molar-refractivity contribution in [3.63, 3.8) is 0 Å². The van der Waals surface area contributed by atoms with Gasteiger partial charge in [0.15, 0.2) is 6.29 Å². The Morgan fingerprint density at radius 2 is 1.97 bits per heavy atom. The Balaban J connectivity index is 1.82. The summed E-state index contributed by atoms with van der Waals surface area (Å²) in [5.74, 6) is -0.862. The van der Waals surface area contributed by atoms with E-state index in [0.29, 0.717) is 13.0 Å². The minimum absolute atomic E-state index is 0.120. The van der Waals surface area contributed by atoms with Crippen molar-refractivity contribution in [1.82, 2.24) is 4.90 Å². The number of aliphatic carboxylic acids is 1. The zero-order chi connectivity index (χ0) is 25.5. The maximum Gasteiger partial charge on any atom is 0.413 e. The first-order valence-electron chi connectivity index (χ1n) is 12.5. The van der Waals surface area contributed by atoms with E-state index >= 15 is 0 Å². The van der Waals surface area contributed by atoms with Gasteiger partial charge in [-0.2, -0.15) is 0 Å². The number of benzene rings is 1. The molecule has 1 unspecified atom stereocenters. The largest absolute Gasteiger partial charge is 0.478 e. The predicted molar refractivity (Wildman–Crippen MR) is 131 cm³/mol. The van der Waals surface area contributed by atoms with Gasteiger partial charge in [-0.3, -0.25) is 4.90 Å². The molecule has 2 aliphatic rings. The molecule has 0 aliphatic carbocycles. The Hall–Kier alpha value is -2.42. The second-order valence-electron chi connectivity index (χ2n) is 10.2. The fourth-order valence-electron chi connectivity index (χ4n) is 4.88. The lowest BCUT2D eigenvalue weighted by Gasteiger charge is -2.40. The van der Waals surface area contributed by atoms with E-state index in [9.17, 15) is 14.7 Å². The summed E-state index contributed by atoms with van der Waals surface area (Å²) in [5.41, 5.74) is -0.865. The van der Waals surface area contributed by atoms with Crippen molar-refractivity contribution >= 4 is 12.1 Å². The van der Waals surface area contributed by atoms with Crippen molar-refractivity contribution in [3.05, 3.63) is 47.5 Å². The number of nitrogens with zero attached hydrogens (tertiary/aromatic N) is 1. The molecule has 1 aromatic carbocycles. The molecule has 0 radical (unpaired) electrons. The van der Waals surface area contributed by atoms with Gasteiger partial charge in [0.25, 0.3) is 0 Å². The number of carboxylic acids is 1. The second-order valence-corrected chi connectivity index (χ2v) is 10.2. The monoisotopic (exact) mass is 489 g/mol. The molecule has 3 rings (SSSR count). The average Bonchev–Trinajstić information content (AvgIpc) is 3.07. The fourth-order valence-corrected chi connectivity index (χ4v) is 4.88. The highest BCUT2D eigenvalue weighted by atomic mass is 16.7. The minimum atomic E-state index is -1.04. The average molecular weight is 490 g/mol.